The minimum absolute atomic E-state index is 0.0219. The van der Waals surface area contributed by atoms with Crippen molar-refractivity contribution < 1.29 is 105 Å². The van der Waals surface area contributed by atoms with Crippen LogP contribution in [-0.2, 0) is 112 Å². The zero-order valence-electron chi connectivity index (χ0n) is 81.3. The van der Waals surface area contributed by atoms with Crippen molar-refractivity contribution in [3.05, 3.63) is 35.4 Å². The fourth-order valence-electron chi connectivity index (χ4n) is 14.0. The molecule has 1 aromatic carbocycles. The number of aryl methyl sites for hydroxylation is 1. The highest BCUT2D eigenvalue weighted by atomic mass is 16.5. The van der Waals surface area contributed by atoms with Crippen molar-refractivity contribution in [3.8, 4) is 0 Å². The van der Waals surface area contributed by atoms with Crippen LogP contribution in [0, 0.1) is 24.7 Å². The zero-order chi connectivity index (χ0) is 101. The molecule has 0 aromatic heterocycles. The number of esters is 1. The standard InChI is InChI=1S/C89H146N20O22/c1-47(2)44-58(68(117)103-89(26,27)81(130)108-42-30-33-59(108)69(118)98-63(48(3)4)71(120)106-87(22,23)79(128)107-83(14,15)74(123)91-41-29-28-32-57(95-53(10)110)73(122)131-46-55-37-35-50(7)36-38-55)96-62(113)45-92-75(124)82(12,13)105-72(121)64(49(5)6)99-78(127)86(20,21)102-67(116)56(39-40-61(90)112)97-65(114)51(8)93-76(125)84(16,17)101-66(115)52(9)94-77(126)85(18,19)104-70(119)60-34-31-43-109(60)80(129)88(24,25)100-54(11)111/h35-38,47-49,51-52,56-60,63-64H,28-34,39-46H2,1-27H3,(H2,90,112)(H,91,123)(H,92,124)(H,93,125)(H,94,126)(H,95,110)(H,96,113)(H,97,114)(H,98,118)(H,99,127)(H,100,111)(H,101,115)(H,102,116)(H,103,117)(H,104,119)(H,105,121)(H,106,120)(H,107,128)/t51-,52-,56-,57-,58-,59-,60-,63-,64-/m0/s1. The van der Waals surface area contributed by atoms with Gasteiger partial charge in [-0.15, -0.1) is 0 Å². The van der Waals surface area contributed by atoms with Crippen LogP contribution in [0.3, 0.4) is 0 Å². The maximum Gasteiger partial charge on any atom is 0.328 e. The molecule has 19 N–H and O–H groups in total. The first-order valence-electron chi connectivity index (χ1n) is 44.4. The molecule has 1 aromatic rings. The number of benzene rings is 1. The Morgan fingerprint density at radius 1 is 0.405 bits per heavy atom. The van der Waals surface area contributed by atoms with E-state index in [1.165, 1.54) is 148 Å². The molecule has 2 aliphatic rings. The quantitative estimate of drug-likeness (QED) is 0.0266. The summed E-state index contributed by atoms with van der Waals surface area (Å²) in [7, 11) is 0. The average Bonchev–Trinajstić information content (AvgIpc) is 1.69. The van der Waals surface area contributed by atoms with Gasteiger partial charge in [0.1, 0.15) is 105 Å². The lowest BCUT2D eigenvalue weighted by molar-refractivity contribution is -0.149. The first-order valence-corrected chi connectivity index (χ1v) is 44.4. The molecule has 9 atom stereocenters. The van der Waals surface area contributed by atoms with Crippen LogP contribution in [0.15, 0.2) is 24.3 Å². The van der Waals surface area contributed by atoms with E-state index in [0.29, 0.717) is 25.7 Å². The third-order valence-corrected chi connectivity index (χ3v) is 22.1. The summed E-state index contributed by atoms with van der Waals surface area (Å²) in [6.07, 6.45) is 1.50. The summed E-state index contributed by atoms with van der Waals surface area (Å²) in [5, 5.41) is 44.0. The van der Waals surface area contributed by atoms with Crippen molar-refractivity contribution in [1.82, 2.24) is 100 Å². The number of amides is 20. The van der Waals surface area contributed by atoms with Crippen LogP contribution in [-0.4, -0.2) is 259 Å². The van der Waals surface area contributed by atoms with E-state index in [9.17, 15) is 101 Å². The molecule has 0 radical (unpaired) electrons. The van der Waals surface area contributed by atoms with Crippen molar-refractivity contribution in [2.24, 2.45) is 23.5 Å². The number of nitrogens with one attached hydrogen (secondary N) is 17. The van der Waals surface area contributed by atoms with Gasteiger partial charge in [0.25, 0.3) is 0 Å². The van der Waals surface area contributed by atoms with Gasteiger partial charge in [0.05, 0.1) is 6.54 Å². The monoisotopic (exact) mass is 1850 g/mol. The Bertz CT molecular complexity index is 4380. The molecular weight excluding hydrogens is 1700 g/mol. The number of ether oxygens (including phenoxy) is 1. The molecule has 3 rings (SSSR count). The van der Waals surface area contributed by atoms with Crippen molar-refractivity contribution >= 4 is 124 Å². The minimum Gasteiger partial charge on any atom is -0.459 e. The Morgan fingerprint density at radius 2 is 0.824 bits per heavy atom. The van der Waals surface area contributed by atoms with Crippen LogP contribution >= 0.6 is 0 Å². The number of unbranched alkanes of at least 4 members (excludes halogenated alkanes) is 1. The van der Waals surface area contributed by atoms with E-state index in [2.05, 4.69) is 90.4 Å². The summed E-state index contributed by atoms with van der Waals surface area (Å²) in [5.74, 6) is -17.3. The molecule has 2 fully saturated rings. The lowest BCUT2D eigenvalue weighted by Gasteiger charge is -2.35. The minimum atomic E-state index is -1.89. The molecule has 0 bridgehead atoms. The van der Waals surface area contributed by atoms with E-state index in [1.54, 1.807) is 41.5 Å². The highest BCUT2D eigenvalue weighted by molar-refractivity contribution is 6.04. The van der Waals surface area contributed by atoms with E-state index in [1.807, 2.05) is 31.2 Å². The Morgan fingerprint density at radius 3 is 1.31 bits per heavy atom. The normalized spacial score (nSPS) is 16.0. The topological polar surface area (TPSA) is 605 Å². The maximum absolute atomic E-state index is 14.5. The van der Waals surface area contributed by atoms with Gasteiger partial charge in [-0.2, -0.15) is 0 Å². The number of carbonyl (C=O) groups excluding carboxylic acids is 21. The second kappa shape index (κ2) is 47.8. The van der Waals surface area contributed by atoms with Gasteiger partial charge >= 0.3 is 5.97 Å². The Hall–Kier alpha value is -11.9. The van der Waals surface area contributed by atoms with Crippen LogP contribution in [0.2, 0.25) is 0 Å². The van der Waals surface area contributed by atoms with Gasteiger partial charge < -0.3 is 111 Å². The summed E-state index contributed by atoms with van der Waals surface area (Å²) >= 11 is 0. The molecule has 0 saturated carbocycles. The van der Waals surface area contributed by atoms with E-state index in [-0.39, 0.29) is 57.8 Å². The number of likely N-dealkylation sites (tertiary alicyclic amines) is 2. The summed E-state index contributed by atoms with van der Waals surface area (Å²) in [6, 6.07) is -3.81. The van der Waals surface area contributed by atoms with Crippen molar-refractivity contribution in [3.63, 3.8) is 0 Å². The van der Waals surface area contributed by atoms with Gasteiger partial charge in [-0.1, -0.05) is 71.4 Å². The fraction of sp³-hybridized carbons (Fsp3) is 0.697. The summed E-state index contributed by atoms with van der Waals surface area (Å²) < 4.78 is 5.46. The molecule has 0 spiro atoms. The van der Waals surface area contributed by atoms with Crippen LogP contribution in [0.4, 0.5) is 0 Å². The maximum atomic E-state index is 14.5. The van der Waals surface area contributed by atoms with Crippen LogP contribution in [0.5, 0.6) is 0 Å². The van der Waals surface area contributed by atoms with Crippen molar-refractivity contribution in [2.45, 2.75) is 356 Å². The van der Waals surface area contributed by atoms with Gasteiger partial charge in [-0.25, -0.2) is 4.79 Å². The number of carbonyl (C=O) groups is 21. The third-order valence-electron chi connectivity index (χ3n) is 22.1. The number of rotatable bonds is 48. The summed E-state index contributed by atoms with van der Waals surface area (Å²) in [5.41, 5.74) is -6.05. The van der Waals surface area contributed by atoms with Gasteiger partial charge in [-0.3, -0.25) is 95.9 Å². The molecule has 131 heavy (non-hydrogen) atoms. The van der Waals surface area contributed by atoms with Crippen LogP contribution < -0.4 is 96.1 Å². The Balaban J connectivity index is 1.60. The fourth-order valence-corrected chi connectivity index (χ4v) is 14.0. The zero-order valence-corrected chi connectivity index (χ0v) is 81.3. The van der Waals surface area contributed by atoms with Gasteiger partial charge in [0.15, 0.2) is 0 Å². The van der Waals surface area contributed by atoms with E-state index in [0.717, 1.165) is 11.1 Å². The molecular formula is C89H146N20O22. The smallest absolute Gasteiger partial charge is 0.328 e. The van der Waals surface area contributed by atoms with Crippen molar-refractivity contribution in [2.75, 3.05) is 26.2 Å². The molecule has 42 heteroatoms. The average molecular weight is 1850 g/mol. The Kier molecular flexibility index (Phi) is 41.3. The predicted octanol–water partition coefficient (Wildman–Crippen LogP) is -1.32. The van der Waals surface area contributed by atoms with Gasteiger partial charge in [0.2, 0.25) is 118 Å². The molecule has 20 amide bonds. The Labute approximate surface area is 767 Å². The number of hydrogen-bond donors (Lipinski definition) is 18. The number of primary amides is 1. The van der Waals surface area contributed by atoms with Gasteiger partial charge in [0, 0.05) is 39.9 Å². The van der Waals surface area contributed by atoms with Gasteiger partial charge in [-0.05, 0) is 213 Å². The number of hydrogen-bond acceptors (Lipinski definition) is 22. The van der Waals surface area contributed by atoms with Crippen molar-refractivity contribution in [1.29, 1.82) is 0 Å². The molecule has 2 saturated heterocycles. The van der Waals surface area contributed by atoms with E-state index in [4.69, 9.17) is 10.5 Å². The molecule has 42 nitrogen and oxygen atoms in total. The summed E-state index contributed by atoms with van der Waals surface area (Å²) in [4.78, 5) is 287. The largest absolute Gasteiger partial charge is 0.459 e. The third kappa shape index (κ3) is 35.0. The first-order chi connectivity index (χ1) is 60.0. The SMILES string of the molecule is CC(=O)N[C@@H](CCCCNC(=O)C(C)(C)NC(=O)C(C)(C)NC(=O)[C@@H](NC(=O)[C@@H]1CCCN1C(=O)C(C)(C)NC(=O)[C@H](CC(C)C)NC(=O)CNC(=O)C(C)(C)NC(=O)[C@@H](NC(=O)C(C)(C)NC(=O)[C@H](CCC(N)=O)NC(=O)[C@H](C)NC(=O)C(C)(C)NC(=O)[C@H](C)NC(=O)C(C)(C)NC(=O)[C@@H]1CCCN1C(=O)C(C)(C)NC(C)=O)C(C)C)C(C)C)C(=O)OCc1ccc(C)cc1. The van der Waals surface area contributed by atoms with Crippen LogP contribution in [0.1, 0.15) is 255 Å². The van der Waals surface area contributed by atoms with E-state index >= 15 is 0 Å². The lowest BCUT2D eigenvalue weighted by Crippen LogP contribution is -2.65. The predicted molar refractivity (Wildman–Crippen MR) is 482 cm³/mol. The number of nitrogens with two attached hydrogens (primary N) is 1. The molecule has 2 heterocycles. The lowest BCUT2D eigenvalue weighted by atomic mass is 9.96. The second-order valence-electron chi connectivity index (χ2n) is 39.3. The molecule has 0 aliphatic carbocycles. The number of nitrogens with zero attached hydrogens (tertiary/aromatic N) is 2. The van der Waals surface area contributed by atoms with Crippen LogP contribution in [0.25, 0.3) is 0 Å². The molecule has 2 aliphatic heterocycles. The highest BCUT2D eigenvalue weighted by Gasteiger charge is 2.48. The first kappa shape index (κ1) is 113. The molecule has 0 unspecified atom stereocenters. The molecule has 734 valence electrons. The second-order valence-corrected chi connectivity index (χ2v) is 39.3. The highest BCUT2D eigenvalue weighted by Crippen LogP contribution is 2.26. The summed E-state index contributed by atoms with van der Waals surface area (Å²) in [6.45, 7) is 38.9. The van der Waals surface area contributed by atoms with E-state index < -0.39 is 254 Å².